The minimum absolute atomic E-state index is 0.0271. The van der Waals surface area contributed by atoms with Crippen LogP contribution in [0.25, 0.3) is 10.2 Å². The summed E-state index contributed by atoms with van der Waals surface area (Å²) in [7, 11) is 0. The van der Waals surface area contributed by atoms with Crippen molar-refractivity contribution in [3.63, 3.8) is 0 Å². The maximum atomic E-state index is 14.2. The number of aliphatic hydroxyl groups is 1. The predicted molar refractivity (Wildman–Crippen MR) is 125 cm³/mol. The number of furan rings is 1. The van der Waals surface area contributed by atoms with Crippen LogP contribution in [0, 0.1) is 12.7 Å². The van der Waals surface area contributed by atoms with Crippen LogP contribution in [0.3, 0.4) is 0 Å². The molecular weight excluding hydrogens is 459 g/mol. The van der Waals surface area contributed by atoms with Crippen molar-refractivity contribution in [2.75, 3.05) is 11.5 Å². The molecule has 7 nitrogen and oxygen atoms in total. The fraction of sp³-hybridized carbons (Fsp3) is 0.160. The van der Waals surface area contributed by atoms with Gasteiger partial charge in [-0.2, -0.15) is 0 Å². The van der Waals surface area contributed by atoms with Crippen molar-refractivity contribution in [1.82, 2.24) is 4.98 Å². The van der Waals surface area contributed by atoms with Gasteiger partial charge in [0, 0.05) is 0 Å². The molecule has 5 rings (SSSR count). The first-order chi connectivity index (χ1) is 16.4. The molecule has 4 aromatic rings. The van der Waals surface area contributed by atoms with Crippen LogP contribution in [0.15, 0.2) is 70.3 Å². The van der Waals surface area contributed by atoms with E-state index in [1.165, 1.54) is 40.5 Å². The van der Waals surface area contributed by atoms with E-state index in [2.05, 4.69) is 4.98 Å². The van der Waals surface area contributed by atoms with Gasteiger partial charge in [0.05, 0.1) is 28.4 Å². The molecule has 0 fully saturated rings. The Morgan fingerprint density at radius 3 is 2.76 bits per heavy atom. The molecule has 0 saturated heterocycles. The van der Waals surface area contributed by atoms with Crippen molar-refractivity contribution in [3.8, 4) is 5.75 Å². The fourth-order valence-corrected chi connectivity index (χ4v) is 4.99. The zero-order chi connectivity index (χ0) is 24.0. The van der Waals surface area contributed by atoms with Crippen molar-refractivity contribution >= 4 is 38.4 Å². The molecule has 1 amide bonds. The molecule has 1 unspecified atom stereocenters. The number of Topliss-reactive ketones (excluding diaryl/α,β-unsaturated/α-hetero) is 1. The molecule has 1 atom stereocenters. The highest BCUT2D eigenvalue weighted by Crippen LogP contribution is 2.44. The molecule has 0 aliphatic carbocycles. The summed E-state index contributed by atoms with van der Waals surface area (Å²) >= 11 is 1.20. The van der Waals surface area contributed by atoms with E-state index in [0.29, 0.717) is 29.2 Å². The monoisotopic (exact) mass is 478 g/mol. The summed E-state index contributed by atoms with van der Waals surface area (Å²) in [5, 5.41) is 11.1. The number of ketones is 1. The van der Waals surface area contributed by atoms with Crippen LogP contribution in [0.2, 0.25) is 0 Å². The molecule has 1 N–H and O–H groups in total. The summed E-state index contributed by atoms with van der Waals surface area (Å²) in [5.74, 6) is -1.58. The normalized spacial score (nSPS) is 16.0. The van der Waals surface area contributed by atoms with E-state index in [0.717, 1.165) is 4.70 Å². The maximum absolute atomic E-state index is 14.2. The Balaban J connectivity index is 1.65. The lowest BCUT2D eigenvalue weighted by Crippen LogP contribution is -2.31. The van der Waals surface area contributed by atoms with Gasteiger partial charge in [-0.25, -0.2) is 9.37 Å². The first-order valence-electron chi connectivity index (χ1n) is 10.5. The van der Waals surface area contributed by atoms with Crippen LogP contribution in [-0.2, 0) is 4.79 Å². The maximum Gasteiger partial charge on any atom is 0.296 e. The molecule has 2 aromatic heterocycles. The van der Waals surface area contributed by atoms with Crippen LogP contribution >= 0.6 is 11.3 Å². The van der Waals surface area contributed by atoms with Gasteiger partial charge in [-0.3, -0.25) is 14.5 Å². The molecule has 2 aromatic carbocycles. The van der Waals surface area contributed by atoms with E-state index in [1.807, 2.05) is 13.0 Å². The van der Waals surface area contributed by atoms with Crippen molar-refractivity contribution in [3.05, 3.63) is 88.8 Å². The second-order valence-corrected chi connectivity index (χ2v) is 8.70. The number of carbonyl (C=O) groups is 2. The largest absolute Gasteiger partial charge is 0.503 e. The molecule has 9 heteroatoms. The van der Waals surface area contributed by atoms with Gasteiger partial charge < -0.3 is 14.3 Å². The van der Waals surface area contributed by atoms with Gasteiger partial charge in [-0.15, -0.1) is 0 Å². The summed E-state index contributed by atoms with van der Waals surface area (Å²) < 4.78 is 25.9. The number of amides is 1. The van der Waals surface area contributed by atoms with Gasteiger partial charge in [0.2, 0.25) is 5.78 Å². The minimum Gasteiger partial charge on any atom is -0.503 e. The van der Waals surface area contributed by atoms with Crippen LogP contribution < -0.4 is 9.64 Å². The highest BCUT2D eigenvalue weighted by molar-refractivity contribution is 7.22. The zero-order valence-electron chi connectivity index (χ0n) is 18.2. The molecule has 1 aliphatic rings. The summed E-state index contributed by atoms with van der Waals surface area (Å²) in [6, 6.07) is 12.9. The number of aromatic nitrogens is 1. The van der Waals surface area contributed by atoms with Crippen molar-refractivity contribution in [1.29, 1.82) is 0 Å². The van der Waals surface area contributed by atoms with Gasteiger partial charge in [0.15, 0.2) is 16.7 Å². The molecular formula is C25H19FN2O5S. The van der Waals surface area contributed by atoms with E-state index < -0.39 is 29.3 Å². The Morgan fingerprint density at radius 2 is 2.06 bits per heavy atom. The molecule has 0 bridgehead atoms. The summed E-state index contributed by atoms with van der Waals surface area (Å²) in [4.78, 5) is 32.4. The first-order valence-corrected chi connectivity index (χ1v) is 11.4. The fourth-order valence-electron chi connectivity index (χ4n) is 3.97. The van der Waals surface area contributed by atoms with Crippen LogP contribution in [0.1, 0.15) is 34.8 Å². The third-order valence-electron chi connectivity index (χ3n) is 5.45. The molecule has 172 valence electrons. The summed E-state index contributed by atoms with van der Waals surface area (Å²) in [6.45, 7) is 4.06. The predicted octanol–water partition coefficient (Wildman–Crippen LogP) is 5.52. The number of fused-ring (bicyclic) bond motifs is 1. The Morgan fingerprint density at radius 1 is 1.24 bits per heavy atom. The Hall–Kier alpha value is -3.98. The third kappa shape index (κ3) is 3.63. The molecule has 0 radical (unpaired) electrons. The van der Waals surface area contributed by atoms with E-state index in [4.69, 9.17) is 9.15 Å². The summed E-state index contributed by atoms with van der Waals surface area (Å²) in [6.07, 6.45) is 0. The van der Waals surface area contributed by atoms with Crippen LogP contribution in [0.4, 0.5) is 9.52 Å². The first kappa shape index (κ1) is 21.8. The minimum atomic E-state index is -1.09. The van der Waals surface area contributed by atoms with Gasteiger partial charge in [-0.1, -0.05) is 23.5 Å². The number of carbonyl (C=O) groups excluding carboxylic acids is 2. The highest BCUT2D eigenvalue weighted by atomic mass is 32.1. The molecule has 3 heterocycles. The standard InChI is InChI=1S/C25H19FN2O5S/c1-3-32-16-8-9-17-19(12-16)34-25(27-17)28-21(14-5-4-6-15(26)11-14)20(23(30)24(28)31)22(29)18-10-7-13(2)33-18/h4-12,21,30H,3H2,1-2H3. The molecule has 34 heavy (non-hydrogen) atoms. The van der Waals surface area contributed by atoms with Gasteiger partial charge in [0.25, 0.3) is 5.91 Å². The lowest BCUT2D eigenvalue weighted by Gasteiger charge is -2.24. The van der Waals surface area contributed by atoms with E-state index >= 15 is 0 Å². The SMILES string of the molecule is CCOc1ccc2nc(N3C(=O)C(O)=C(C(=O)c4ccc(C)o4)C3c3cccc(F)c3)sc2c1. The number of hydrogen-bond donors (Lipinski definition) is 1. The summed E-state index contributed by atoms with van der Waals surface area (Å²) in [5.41, 5.74) is 0.743. The quantitative estimate of drug-likeness (QED) is 0.367. The molecule has 0 saturated carbocycles. The third-order valence-corrected chi connectivity index (χ3v) is 6.46. The van der Waals surface area contributed by atoms with Gasteiger partial charge in [0.1, 0.15) is 17.3 Å². The number of ether oxygens (including phenoxy) is 1. The van der Waals surface area contributed by atoms with Crippen LogP contribution in [0.5, 0.6) is 5.75 Å². The number of benzene rings is 2. The average molecular weight is 479 g/mol. The second-order valence-electron chi connectivity index (χ2n) is 7.69. The topological polar surface area (TPSA) is 92.9 Å². The number of nitrogens with zero attached hydrogens (tertiary/aromatic N) is 2. The number of aryl methyl sites for hydroxylation is 1. The van der Waals surface area contributed by atoms with E-state index in [-0.39, 0.29) is 16.5 Å². The Labute approximate surface area is 197 Å². The number of anilines is 1. The number of halogens is 1. The number of thiazole rings is 1. The molecule has 1 aliphatic heterocycles. The highest BCUT2D eigenvalue weighted by Gasteiger charge is 2.46. The van der Waals surface area contributed by atoms with Crippen molar-refractivity contribution < 1.29 is 28.2 Å². The van der Waals surface area contributed by atoms with Crippen molar-refractivity contribution in [2.24, 2.45) is 0 Å². The lowest BCUT2D eigenvalue weighted by molar-refractivity contribution is -0.117. The number of aliphatic hydroxyl groups excluding tert-OH is 1. The van der Waals surface area contributed by atoms with Gasteiger partial charge >= 0.3 is 0 Å². The van der Waals surface area contributed by atoms with Gasteiger partial charge in [-0.05, 0) is 61.9 Å². The number of hydrogen-bond acceptors (Lipinski definition) is 7. The second kappa shape index (κ2) is 8.42. The Bertz CT molecular complexity index is 1470. The average Bonchev–Trinajstić information content (AvgIpc) is 3.50. The smallest absolute Gasteiger partial charge is 0.296 e. The lowest BCUT2D eigenvalue weighted by atomic mass is 9.95. The zero-order valence-corrected chi connectivity index (χ0v) is 19.1. The van der Waals surface area contributed by atoms with E-state index in [9.17, 15) is 19.1 Å². The van der Waals surface area contributed by atoms with Crippen molar-refractivity contribution in [2.45, 2.75) is 19.9 Å². The van der Waals surface area contributed by atoms with E-state index in [1.54, 1.807) is 31.2 Å². The number of rotatable bonds is 6. The molecule has 0 spiro atoms. The Kier molecular flexibility index (Phi) is 5.41. The van der Waals surface area contributed by atoms with Crippen LogP contribution in [-0.4, -0.2) is 28.4 Å².